The summed E-state index contributed by atoms with van der Waals surface area (Å²) >= 11 is 0. The molecule has 8 heteroatoms. The van der Waals surface area contributed by atoms with Crippen LogP contribution in [0.4, 0.5) is 8.78 Å². The van der Waals surface area contributed by atoms with Gasteiger partial charge in [0, 0.05) is 36.0 Å². The smallest absolute Gasteiger partial charge is 0.298 e. The standard InChI is InChI=1S/C21H19F2N3O2S/c22-21(23,17-7-3-15(14-24)4-8-17)18-9-5-16(6-10-18)19-2-1-11-26-12-13-29(27,28)25-20(19)26/h1-11H,12-14,24H2. The van der Waals surface area contributed by atoms with Gasteiger partial charge in [-0.05, 0) is 23.3 Å². The number of amidine groups is 1. The van der Waals surface area contributed by atoms with Gasteiger partial charge in [0.15, 0.2) is 5.84 Å². The molecule has 0 spiro atoms. The highest BCUT2D eigenvalue weighted by Gasteiger charge is 2.34. The molecule has 0 saturated carbocycles. The molecule has 150 valence electrons. The van der Waals surface area contributed by atoms with Gasteiger partial charge in [0.2, 0.25) is 0 Å². The fourth-order valence-corrected chi connectivity index (χ4v) is 4.30. The highest BCUT2D eigenvalue weighted by molar-refractivity contribution is 7.90. The number of halogens is 2. The van der Waals surface area contributed by atoms with E-state index in [1.165, 1.54) is 24.3 Å². The van der Waals surface area contributed by atoms with E-state index in [-0.39, 0.29) is 16.9 Å². The monoisotopic (exact) mass is 415 g/mol. The number of hydrogen-bond donors (Lipinski definition) is 1. The van der Waals surface area contributed by atoms with E-state index >= 15 is 0 Å². The van der Waals surface area contributed by atoms with Crippen molar-refractivity contribution in [3.05, 3.63) is 89.1 Å². The summed E-state index contributed by atoms with van der Waals surface area (Å²) in [6.45, 7) is 0.602. The molecule has 2 aromatic carbocycles. The van der Waals surface area contributed by atoms with E-state index in [1.807, 2.05) is 0 Å². The van der Waals surface area contributed by atoms with Gasteiger partial charge in [0.25, 0.3) is 15.9 Å². The van der Waals surface area contributed by atoms with Gasteiger partial charge in [-0.3, -0.25) is 0 Å². The number of allylic oxidation sites excluding steroid dienone is 2. The zero-order valence-electron chi connectivity index (χ0n) is 15.4. The Bertz CT molecular complexity index is 1120. The first-order chi connectivity index (χ1) is 13.8. The van der Waals surface area contributed by atoms with Crippen LogP contribution in [0.25, 0.3) is 5.57 Å². The van der Waals surface area contributed by atoms with E-state index in [0.717, 1.165) is 5.56 Å². The molecule has 29 heavy (non-hydrogen) atoms. The van der Waals surface area contributed by atoms with Gasteiger partial charge in [-0.2, -0.15) is 8.78 Å². The maximum absolute atomic E-state index is 14.9. The molecular formula is C21H19F2N3O2S. The molecule has 0 bridgehead atoms. The first-order valence-corrected chi connectivity index (χ1v) is 10.7. The molecule has 2 aliphatic heterocycles. The highest BCUT2D eigenvalue weighted by Crippen LogP contribution is 2.36. The van der Waals surface area contributed by atoms with Crippen molar-refractivity contribution in [2.24, 2.45) is 10.1 Å². The number of alkyl halides is 2. The van der Waals surface area contributed by atoms with Crippen LogP contribution in [0.15, 0.2) is 71.3 Å². The van der Waals surface area contributed by atoms with E-state index in [2.05, 4.69) is 4.40 Å². The maximum Gasteiger partial charge on any atom is 0.298 e. The molecule has 0 fully saturated rings. The first-order valence-electron chi connectivity index (χ1n) is 9.06. The summed E-state index contributed by atoms with van der Waals surface area (Å²) in [6, 6.07) is 11.8. The van der Waals surface area contributed by atoms with Crippen molar-refractivity contribution in [1.82, 2.24) is 4.90 Å². The fourth-order valence-electron chi connectivity index (χ4n) is 3.32. The molecule has 2 heterocycles. The topological polar surface area (TPSA) is 75.8 Å². The maximum atomic E-state index is 14.9. The number of fused-ring (bicyclic) bond motifs is 1. The normalized spacial score (nSPS) is 18.1. The van der Waals surface area contributed by atoms with Crippen molar-refractivity contribution in [2.75, 3.05) is 12.3 Å². The molecule has 5 nitrogen and oxygen atoms in total. The van der Waals surface area contributed by atoms with Crippen LogP contribution >= 0.6 is 0 Å². The molecular weight excluding hydrogens is 396 g/mol. The Kier molecular flexibility index (Phi) is 4.84. The quantitative estimate of drug-likeness (QED) is 0.832. The number of rotatable bonds is 4. The van der Waals surface area contributed by atoms with Crippen LogP contribution in [0.3, 0.4) is 0 Å². The number of sulfonamides is 1. The lowest BCUT2D eigenvalue weighted by molar-refractivity contribution is 0.0428. The van der Waals surface area contributed by atoms with E-state index in [4.69, 9.17) is 5.73 Å². The Labute approximate surface area is 167 Å². The average Bonchev–Trinajstić information content (AvgIpc) is 2.73. The van der Waals surface area contributed by atoms with Crippen molar-refractivity contribution >= 4 is 21.4 Å². The van der Waals surface area contributed by atoms with Crippen LogP contribution in [0.2, 0.25) is 0 Å². The highest BCUT2D eigenvalue weighted by atomic mass is 32.2. The second kappa shape index (κ2) is 7.20. The van der Waals surface area contributed by atoms with Crippen LogP contribution in [0.5, 0.6) is 0 Å². The van der Waals surface area contributed by atoms with Crippen LogP contribution in [0, 0.1) is 0 Å². The predicted molar refractivity (Wildman–Crippen MR) is 109 cm³/mol. The zero-order chi connectivity index (χ0) is 20.6. The predicted octanol–water partition coefficient (Wildman–Crippen LogP) is 3.24. The van der Waals surface area contributed by atoms with Gasteiger partial charge in [0.1, 0.15) is 0 Å². The van der Waals surface area contributed by atoms with Crippen molar-refractivity contribution in [3.8, 4) is 0 Å². The summed E-state index contributed by atoms with van der Waals surface area (Å²) in [5, 5.41) is 0. The zero-order valence-corrected chi connectivity index (χ0v) is 16.2. The number of hydrogen-bond acceptors (Lipinski definition) is 4. The number of nitrogens with two attached hydrogens (primary N) is 1. The summed E-state index contributed by atoms with van der Waals surface area (Å²) < 4.78 is 57.5. The first kappa shape index (κ1) is 19.5. The molecule has 2 aromatic rings. The van der Waals surface area contributed by atoms with Crippen molar-refractivity contribution in [2.45, 2.75) is 12.5 Å². The van der Waals surface area contributed by atoms with E-state index < -0.39 is 15.9 Å². The van der Waals surface area contributed by atoms with E-state index in [1.54, 1.807) is 47.5 Å². The molecule has 0 atom stereocenters. The van der Waals surface area contributed by atoms with Crippen molar-refractivity contribution in [1.29, 1.82) is 0 Å². The summed E-state index contributed by atoms with van der Waals surface area (Å²) in [5.41, 5.74) is 7.24. The molecule has 0 radical (unpaired) electrons. The van der Waals surface area contributed by atoms with Gasteiger partial charge < -0.3 is 10.6 Å². The molecule has 0 unspecified atom stereocenters. The molecule has 2 N–H and O–H groups in total. The van der Waals surface area contributed by atoms with E-state index in [9.17, 15) is 17.2 Å². The lowest BCUT2D eigenvalue weighted by Gasteiger charge is -2.29. The second-order valence-electron chi connectivity index (χ2n) is 6.87. The second-order valence-corrected chi connectivity index (χ2v) is 8.62. The third-order valence-electron chi connectivity index (χ3n) is 4.97. The molecule has 0 saturated heterocycles. The van der Waals surface area contributed by atoms with E-state index in [0.29, 0.717) is 30.1 Å². The Morgan fingerprint density at radius 3 is 2.28 bits per heavy atom. The minimum Gasteiger partial charge on any atom is -0.331 e. The van der Waals surface area contributed by atoms with Gasteiger partial charge in [-0.15, -0.1) is 4.40 Å². The summed E-state index contributed by atoms with van der Waals surface area (Å²) in [7, 11) is -3.52. The molecule has 0 amide bonds. The Balaban J connectivity index is 1.66. The van der Waals surface area contributed by atoms with Crippen LogP contribution in [-0.4, -0.2) is 31.5 Å². The lowest BCUT2D eigenvalue weighted by Crippen LogP contribution is -2.37. The minimum absolute atomic E-state index is 0.0533. The van der Waals surface area contributed by atoms with Gasteiger partial charge in [0.05, 0.1) is 5.75 Å². The molecule has 0 aromatic heterocycles. The number of nitrogens with zero attached hydrogens (tertiary/aromatic N) is 2. The Hall–Kier alpha value is -2.84. The largest absolute Gasteiger partial charge is 0.331 e. The Morgan fingerprint density at radius 2 is 1.66 bits per heavy atom. The molecule has 4 rings (SSSR count). The Morgan fingerprint density at radius 1 is 1.03 bits per heavy atom. The van der Waals surface area contributed by atoms with Crippen molar-refractivity contribution in [3.63, 3.8) is 0 Å². The summed E-state index contributed by atoms with van der Waals surface area (Å²) in [5.74, 6) is -2.90. The molecule has 2 aliphatic rings. The van der Waals surface area contributed by atoms with Gasteiger partial charge >= 0.3 is 0 Å². The average molecular weight is 415 g/mol. The number of benzene rings is 2. The lowest BCUT2D eigenvalue weighted by atomic mass is 9.95. The third-order valence-corrected chi connectivity index (χ3v) is 6.12. The van der Waals surface area contributed by atoms with Gasteiger partial charge in [-0.25, -0.2) is 8.42 Å². The van der Waals surface area contributed by atoms with Crippen LogP contribution in [0.1, 0.15) is 22.3 Å². The summed E-state index contributed by atoms with van der Waals surface area (Å²) in [4.78, 5) is 1.75. The SMILES string of the molecule is NCc1ccc(C(F)(F)c2ccc(C3=CC=CN4CCS(=O)(=O)N=C34)cc2)cc1. The van der Waals surface area contributed by atoms with Crippen LogP contribution < -0.4 is 5.73 Å². The molecule has 0 aliphatic carbocycles. The third kappa shape index (κ3) is 3.73. The van der Waals surface area contributed by atoms with Crippen molar-refractivity contribution < 1.29 is 17.2 Å². The van der Waals surface area contributed by atoms with Gasteiger partial charge in [-0.1, -0.05) is 48.5 Å². The fraction of sp³-hybridized carbons (Fsp3) is 0.190. The summed E-state index contributed by atoms with van der Waals surface area (Å²) in [6.07, 6.45) is 5.27. The minimum atomic E-state index is -3.52. The van der Waals surface area contributed by atoms with Crippen LogP contribution in [-0.2, 0) is 22.5 Å².